The predicted molar refractivity (Wildman–Crippen MR) is 74.9 cm³/mol. The molecule has 2 heterocycles. The number of hydrogen-bond acceptors (Lipinski definition) is 4. The maximum Gasteiger partial charge on any atom is 0.272 e. The number of carbonyl (C=O) groups excluding carboxylic acids is 1. The molecule has 0 unspecified atom stereocenters. The van der Waals surface area contributed by atoms with Crippen LogP contribution in [0.2, 0.25) is 0 Å². The molecule has 1 fully saturated rings. The molecule has 0 radical (unpaired) electrons. The van der Waals surface area contributed by atoms with E-state index in [1.807, 2.05) is 17.0 Å². The van der Waals surface area contributed by atoms with E-state index in [0.29, 0.717) is 5.69 Å². The predicted octanol–water partition coefficient (Wildman–Crippen LogP) is 0.578. The van der Waals surface area contributed by atoms with Crippen molar-refractivity contribution in [1.82, 2.24) is 14.8 Å². The molecular weight excluding hydrogens is 240 g/mol. The van der Waals surface area contributed by atoms with Gasteiger partial charge in [-0.25, -0.2) is 0 Å². The van der Waals surface area contributed by atoms with E-state index in [1.165, 1.54) is 0 Å². The summed E-state index contributed by atoms with van der Waals surface area (Å²) in [6.45, 7) is 5.32. The largest absolute Gasteiger partial charge is 0.335 e. The highest BCUT2D eigenvalue weighted by molar-refractivity contribution is 5.92. The lowest BCUT2D eigenvalue weighted by atomic mass is 10.2. The molecular formula is C14H22N4O. The number of piperazine rings is 1. The number of unbranched alkanes of at least 4 members (excludes halogenated alkanes) is 1. The number of nitrogens with zero attached hydrogens (tertiary/aromatic N) is 3. The number of amides is 1. The number of rotatable bonds is 5. The molecule has 5 heteroatoms. The quantitative estimate of drug-likeness (QED) is 0.788. The molecule has 2 rings (SSSR count). The van der Waals surface area contributed by atoms with Gasteiger partial charge in [0.1, 0.15) is 5.69 Å². The summed E-state index contributed by atoms with van der Waals surface area (Å²) in [4.78, 5) is 20.6. The lowest BCUT2D eigenvalue weighted by Crippen LogP contribution is -2.49. The molecule has 5 nitrogen and oxygen atoms in total. The van der Waals surface area contributed by atoms with Crippen molar-refractivity contribution in [3.63, 3.8) is 0 Å². The van der Waals surface area contributed by atoms with Gasteiger partial charge in [0.2, 0.25) is 0 Å². The topological polar surface area (TPSA) is 62.5 Å². The third-order valence-electron chi connectivity index (χ3n) is 3.47. The minimum Gasteiger partial charge on any atom is -0.335 e. The Balaban J connectivity index is 1.78. The molecule has 0 saturated carbocycles. The zero-order chi connectivity index (χ0) is 13.5. The van der Waals surface area contributed by atoms with Crippen molar-refractivity contribution in [1.29, 1.82) is 0 Å². The zero-order valence-electron chi connectivity index (χ0n) is 11.3. The first kappa shape index (κ1) is 14.0. The molecule has 1 saturated heterocycles. The van der Waals surface area contributed by atoms with Crippen LogP contribution in [0.3, 0.4) is 0 Å². The molecule has 0 atom stereocenters. The molecule has 0 aliphatic carbocycles. The van der Waals surface area contributed by atoms with Gasteiger partial charge in [-0.1, -0.05) is 6.07 Å². The van der Waals surface area contributed by atoms with Crippen LogP contribution in [-0.2, 0) is 0 Å². The third kappa shape index (κ3) is 4.01. The molecule has 0 aromatic carbocycles. The van der Waals surface area contributed by atoms with Crippen molar-refractivity contribution in [3.8, 4) is 0 Å². The van der Waals surface area contributed by atoms with Gasteiger partial charge in [-0.2, -0.15) is 0 Å². The molecule has 2 N–H and O–H groups in total. The van der Waals surface area contributed by atoms with Gasteiger partial charge in [-0.05, 0) is 38.1 Å². The summed E-state index contributed by atoms with van der Waals surface area (Å²) >= 11 is 0. The summed E-state index contributed by atoms with van der Waals surface area (Å²) in [5.41, 5.74) is 6.03. The average Bonchev–Trinajstić information content (AvgIpc) is 2.48. The van der Waals surface area contributed by atoms with Crippen LogP contribution in [0.1, 0.15) is 23.3 Å². The fraction of sp³-hybridized carbons (Fsp3) is 0.571. The van der Waals surface area contributed by atoms with E-state index in [4.69, 9.17) is 5.73 Å². The van der Waals surface area contributed by atoms with Crippen LogP contribution in [0.15, 0.2) is 24.4 Å². The Kier molecular flexibility index (Phi) is 5.30. The van der Waals surface area contributed by atoms with Crippen molar-refractivity contribution in [3.05, 3.63) is 30.1 Å². The summed E-state index contributed by atoms with van der Waals surface area (Å²) < 4.78 is 0. The summed E-state index contributed by atoms with van der Waals surface area (Å²) in [5.74, 6) is 0.0437. The van der Waals surface area contributed by atoms with Crippen LogP contribution < -0.4 is 5.73 Å². The number of aromatic nitrogens is 1. The standard InChI is InChI=1S/C14H22N4O/c15-6-2-4-8-17-9-11-18(12-10-17)14(19)13-5-1-3-7-16-13/h1,3,5,7H,2,4,6,8-12,15H2. The molecule has 1 aliphatic rings. The molecule has 1 amide bonds. The second-order valence-electron chi connectivity index (χ2n) is 4.84. The summed E-state index contributed by atoms with van der Waals surface area (Å²) in [5, 5.41) is 0. The van der Waals surface area contributed by atoms with Crippen molar-refractivity contribution in [2.75, 3.05) is 39.3 Å². The highest BCUT2D eigenvalue weighted by atomic mass is 16.2. The molecule has 19 heavy (non-hydrogen) atoms. The fourth-order valence-electron chi connectivity index (χ4n) is 2.31. The van der Waals surface area contributed by atoms with E-state index in [1.54, 1.807) is 12.3 Å². The van der Waals surface area contributed by atoms with Gasteiger partial charge in [0, 0.05) is 32.4 Å². The first-order chi connectivity index (χ1) is 9.31. The lowest BCUT2D eigenvalue weighted by Gasteiger charge is -2.34. The molecule has 0 bridgehead atoms. The van der Waals surface area contributed by atoms with Crippen LogP contribution in [-0.4, -0.2) is 60.0 Å². The van der Waals surface area contributed by atoms with Crippen molar-refractivity contribution in [2.45, 2.75) is 12.8 Å². The van der Waals surface area contributed by atoms with Crippen molar-refractivity contribution in [2.24, 2.45) is 5.73 Å². The molecule has 1 aromatic rings. The Morgan fingerprint density at radius 2 is 2.00 bits per heavy atom. The van der Waals surface area contributed by atoms with Crippen LogP contribution in [0.5, 0.6) is 0 Å². The van der Waals surface area contributed by atoms with Gasteiger partial charge >= 0.3 is 0 Å². The SMILES string of the molecule is NCCCCN1CCN(C(=O)c2ccccn2)CC1. The van der Waals surface area contributed by atoms with Crippen LogP contribution in [0.25, 0.3) is 0 Å². The first-order valence-corrected chi connectivity index (χ1v) is 6.94. The van der Waals surface area contributed by atoms with Crippen LogP contribution in [0.4, 0.5) is 0 Å². The lowest BCUT2D eigenvalue weighted by molar-refractivity contribution is 0.0630. The molecule has 0 spiro atoms. The van der Waals surface area contributed by atoms with E-state index in [2.05, 4.69) is 9.88 Å². The third-order valence-corrected chi connectivity index (χ3v) is 3.47. The fourth-order valence-corrected chi connectivity index (χ4v) is 2.31. The number of hydrogen-bond donors (Lipinski definition) is 1. The highest BCUT2D eigenvalue weighted by Gasteiger charge is 2.22. The second-order valence-corrected chi connectivity index (χ2v) is 4.84. The number of carbonyl (C=O) groups is 1. The Morgan fingerprint density at radius 1 is 1.21 bits per heavy atom. The van der Waals surface area contributed by atoms with Crippen molar-refractivity contribution >= 4 is 5.91 Å². The van der Waals surface area contributed by atoms with E-state index in [9.17, 15) is 4.79 Å². The molecule has 1 aromatic heterocycles. The van der Waals surface area contributed by atoms with Crippen LogP contribution >= 0.6 is 0 Å². The van der Waals surface area contributed by atoms with Crippen molar-refractivity contribution < 1.29 is 4.79 Å². The van der Waals surface area contributed by atoms with E-state index in [0.717, 1.165) is 52.1 Å². The Morgan fingerprint density at radius 3 is 2.63 bits per heavy atom. The Hall–Kier alpha value is -1.46. The number of nitrogens with two attached hydrogens (primary N) is 1. The second kappa shape index (κ2) is 7.21. The smallest absolute Gasteiger partial charge is 0.272 e. The maximum absolute atomic E-state index is 12.2. The van der Waals surface area contributed by atoms with Gasteiger partial charge in [-0.15, -0.1) is 0 Å². The van der Waals surface area contributed by atoms with Gasteiger partial charge in [-0.3, -0.25) is 14.7 Å². The van der Waals surface area contributed by atoms with Gasteiger partial charge < -0.3 is 10.6 Å². The van der Waals surface area contributed by atoms with Crippen LogP contribution in [0, 0.1) is 0 Å². The van der Waals surface area contributed by atoms with E-state index >= 15 is 0 Å². The minimum atomic E-state index is 0.0437. The monoisotopic (exact) mass is 262 g/mol. The number of pyridine rings is 1. The normalized spacial score (nSPS) is 16.6. The molecule has 1 aliphatic heterocycles. The highest BCUT2D eigenvalue weighted by Crippen LogP contribution is 2.07. The van der Waals surface area contributed by atoms with Gasteiger partial charge in [0.25, 0.3) is 5.91 Å². The summed E-state index contributed by atoms with van der Waals surface area (Å²) in [6.07, 6.45) is 3.88. The Bertz CT molecular complexity index is 388. The Labute approximate surface area is 114 Å². The molecule has 104 valence electrons. The summed E-state index contributed by atoms with van der Waals surface area (Å²) in [7, 11) is 0. The van der Waals surface area contributed by atoms with Gasteiger partial charge in [0.15, 0.2) is 0 Å². The first-order valence-electron chi connectivity index (χ1n) is 6.94. The average molecular weight is 262 g/mol. The van der Waals surface area contributed by atoms with Gasteiger partial charge in [0.05, 0.1) is 0 Å². The maximum atomic E-state index is 12.2. The van der Waals surface area contributed by atoms with E-state index in [-0.39, 0.29) is 5.91 Å². The van der Waals surface area contributed by atoms with E-state index < -0.39 is 0 Å². The minimum absolute atomic E-state index is 0.0437. The zero-order valence-corrected chi connectivity index (χ0v) is 11.3. The summed E-state index contributed by atoms with van der Waals surface area (Å²) in [6, 6.07) is 5.45.